The molecule has 35 heavy (non-hydrogen) atoms. The van der Waals surface area contributed by atoms with Gasteiger partial charge in [0.25, 0.3) is 0 Å². The SMILES string of the molecule is CC(C)=CCC[C@](C)(O)[C@H]1CC[C@@](C)([C@H]2CC[C@H]([C@]3(C)CC[C@H]([C@@](C)(O)CCC=C(C)C)O3)O2)O1. The Bertz CT molecular complexity index is 712. The first-order chi connectivity index (χ1) is 16.2. The minimum atomic E-state index is -0.841. The third kappa shape index (κ3) is 6.98. The topological polar surface area (TPSA) is 68.2 Å². The quantitative estimate of drug-likeness (QED) is 0.345. The Morgan fingerprint density at radius 3 is 1.46 bits per heavy atom. The molecule has 5 heteroatoms. The molecule has 0 aromatic heterocycles. The Morgan fingerprint density at radius 1 is 0.743 bits per heavy atom. The van der Waals surface area contributed by atoms with Crippen LogP contribution >= 0.6 is 0 Å². The molecular formula is C30H52O5. The van der Waals surface area contributed by atoms with Crippen molar-refractivity contribution in [3.05, 3.63) is 23.3 Å². The van der Waals surface area contributed by atoms with Gasteiger partial charge < -0.3 is 24.4 Å². The van der Waals surface area contributed by atoms with Crippen LogP contribution in [0, 0.1) is 0 Å². The van der Waals surface area contributed by atoms with Crippen molar-refractivity contribution >= 4 is 0 Å². The van der Waals surface area contributed by atoms with Gasteiger partial charge in [-0.25, -0.2) is 0 Å². The van der Waals surface area contributed by atoms with Gasteiger partial charge in [0.05, 0.1) is 46.8 Å². The monoisotopic (exact) mass is 492 g/mol. The third-order valence-corrected chi connectivity index (χ3v) is 8.80. The van der Waals surface area contributed by atoms with Crippen LogP contribution in [-0.4, -0.2) is 57.0 Å². The van der Waals surface area contributed by atoms with E-state index in [1.165, 1.54) is 11.1 Å². The van der Waals surface area contributed by atoms with Gasteiger partial charge in [-0.15, -0.1) is 0 Å². The molecule has 0 amide bonds. The Labute approximate surface area is 214 Å². The van der Waals surface area contributed by atoms with Crippen molar-refractivity contribution < 1.29 is 24.4 Å². The van der Waals surface area contributed by atoms with Gasteiger partial charge in [-0.05, 0) is 120 Å². The molecule has 0 aliphatic carbocycles. The van der Waals surface area contributed by atoms with E-state index in [1.807, 2.05) is 13.8 Å². The molecule has 0 unspecified atom stereocenters. The first-order valence-corrected chi connectivity index (χ1v) is 13.9. The van der Waals surface area contributed by atoms with Crippen molar-refractivity contribution in [2.45, 2.75) is 166 Å². The second-order valence-electron chi connectivity index (χ2n) is 13.0. The second-order valence-corrected chi connectivity index (χ2v) is 13.0. The van der Waals surface area contributed by atoms with E-state index in [1.54, 1.807) is 0 Å². The minimum Gasteiger partial charge on any atom is -0.387 e. The van der Waals surface area contributed by atoms with Crippen LogP contribution in [0.5, 0.6) is 0 Å². The Balaban J connectivity index is 1.56. The summed E-state index contributed by atoms with van der Waals surface area (Å²) in [5, 5.41) is 22.2. The molecule has 0 bridgehead atoms. The number of rotatable bonds is 10. The molecule has 202 valence electrons. The molecule has 0 spiro atoms. The van der Waals surface area contributed by atoms with Crippen LogP contribution in [0.3, 0.4) is 0 Å². The molecule has 3 heterocycles. The molecule has 0 radical (unpaired) electrons. The lowest BCUT2D eigenvalue weighted by molar-refractivity contribution is -0.199. The molecule has 5 nitrogen and oxygen atoms in total. The van der Waals surface area contributed by atoms with Crippen LogP contribution in [0.4, 0.5) is 0 Å². The fourth-order valence-corrected chi connectivity index (χ4v) is 6.23. The molecule has 3 fully saturated rings. The highest BCUT2D eigenvalue weighted by Crippen LogP contribution is 2.48. The first-order valence-electron chi connectivity index (χ1n) is 13.9. The van der Waals surface area contributed by atoms with Crippen LogP contribution in [0.2, 0.25) is 0 Å². The van der Waals surface area contributed by atoms with Gasteiger partial charge in [-0.2, -0.15) is 0 Å². The van der Waals surface area contributed by atoms with Crippen molar-refractivity contribution in [1.29, 1.82) is 0 Å². The Kier molecular flexibility index (Phi) is 9.02. The summed E-state index contributed by atoms with van der Waals surface area (Å²) in [5.74, 6) is 0. The van der Waals surface area contributed by atoms with Gasteiger partial charge in [-0.1, -0.05) is 23.3 Å². The molecule has 3 rings (SSSR count). The number of ether oxygens (including phenoxy) is 3. The zero-order chi connectivity index (χ0) is 26.1. The fourth-order valence-electron chi connectivity index (χ4n) is 6.23. The number of allylic oxidation sites excluding steroid dienone is 4. The van der Waals surface area contributed by atoms with Crippen LogP contribution in [-0.2, 0) is 14.2 Å². The van der Waals surface area contributed by atoms with Crippen molar-refractivity contribution in [1.82, 2.24) is 0 Å². The lowest BCUT2D eigenvalue weighted by Crippen LogP contribution is -2.47. The predicted molar refractivity (Wildman–Crippen MR) is 141 cm³/mol. The number of hydrogen-bond donors (Lipinski definition) is 2. The molecular weight excluding hydrogens is 440 g/mol. The van der Waals surface area contributed by atoms with Crippen LogP contribution in [0.1, 0.15) is 120 Å². The smallest absolute Gasteiger partial charge is 0.0921 e. The summed E-state index contributed by atoms with van der Waals surface area (Å²) in [5.41, 5.74) is 0.109. The molecule has 8 atom stereocenters. The van der Waals surface area contributed by atoms with Gasteiger partial charge in [0.1, 0.15) is 0 Å². The average Bonchev–Trinajstić information content (AvgIpc) is 3.46. The van der Waals surface area contributed by atoms with Crippen LogP contribution < -0.4 is 0 Å². The molecule has 3 saturated heterocycles. The van der Waals surface area contributed by atoms with E-state index in [4.69, 9.17) is 14.2 Å². The third-order valence-electron chi connectivity index (χ3n) is 8.80. The molecule has 2 N–H and O–H groups in total. The maximum Gasteiger partial charge on any atom is 0.0921 e. The first kappa shape index (κ1) is 28.8. The average molecular weight is 493 g/mol. The number of aliphatic hydroxyl groups is 2. The van der Waals surface area contributed by atoms with E-state index >= 15 is 0 Å². The molecule has 0 saturated carbocycles. The molecule has 3 aliphatic rings. The Morgan fingerprint density at radius 2 is 1.11 bits per heavy atom. The zero-order valence-corrected chi connectivity index (χ0v) is 23.7. The van der Waals surface area contributed by atoms with E-state index in [-0.39, 0.29) is 35.6 Å². The summed E-state index contributed by atoms with van der Waals surface area (Å²) in [7, 11) is 0. The van der Waals surface area contributed by atoms with Crippen LogP contribution in [0.15, 0.2) is 23.3 Å². The van der Waals surface area contributed by atoms with E-state index < -0.39 is 11.2 Å². The van der Waals surface area contributed by atoms with E-state index in [0.717, 1.165) is 51.4 Å². The van der Waals surface area contributed by atoms with Crippen LogP contribution in [0.25, 0.3) is 0 Å². The standard InChI is InChI=1S/C30H52O5/c1-21(2)11-9-17-27(5,31)23-15-19-29(7,34-23)25-13-14-26(33-25)30(8)20-16-24(35-30)28(6,32)18-10-12-22(3)4/h11-12,23-26,31-32H,9-10,13-20H2,1-8H3/t23-,24-,25-,26-,27+,28+,29+,30+/m1/s1. The molecule has 0 aromatic rings. The number of hydrogen-bond acceptors (Lipinski definition) is 5. The fraction of sp³-hybridized carbons (Fsp3) is 0.867. The lowest BCUT2D eigenvalue weighted by Gasteiger charge is -2.38. The van der Waals surface area contributed by atoms with Crippen molar-refractivity contribution in [3.63, 3.8) is 0 Å². The Hall–Kier alpha value is -0.720. The van der Waals surface area contributed by atoms with Gasteiger partial charge in [0.2, 0.25) is 0 Å². The predicted octanol–water partition coefficient (Wildman–Crippen LogP) is 6.40. The maximum absolute atomic E-state index is 11.1. The molecule has 0 aromatic carbocycles. The van der Waals surface area contributed by atoms with Crippen molar-refractivity contribution in [2.24, 2.45) is 0 Å². The minimum absolute atomic E-state index is 0.00346. The molecule has 3 aliphatic heterocycles. The second kappa shape index (κ2) is 10.9. The zero-order valence-electron chi connectivity index (χ0n) is 23.7. The highest BCUT2D eigenvalue weighted by Gasteiger charge is 2.55. The van der Waals surface area contributed by atoms with Gasteiger partial charge in [0, 0.05) is 0 Å². The summed E-state index contributed by atoms with van der Waals surface area (Å²) in [4.78, 5) is 0. The highest BCUT2D eigenvalue weighted by molar-refractivity contribution is 5.05. The van der Waals surface area contributed by atoms with Crippen molar-refractivity contribution in [2.75, 3.05) is 0 Å². The highest BCUT2D eigenvalue weighted by atomic mass is 16.6. The van der Waals surface area contributed by atoms with E-state index in [2.05, 4.69) is 53.7 Å². The summed E-state index contributed by atoms with van der Waals surface area (Å²) >= 11 is 0. The van der Waals surface area contributed by atoms with Gasteiger partial charge in [-0.3, -0.25) is 0 Å². The normalized spacial score (nSPS) is 38.7. The summed E-state index contributed by atoms with van der Waals surface area (Å²) < 4.78 is 19.8. The summed E-state index contributed by atoms with van der Waals surface area (Å²) in [6.07, 6.45) is 12.5. The summed E-state index contributed by atoms with van der Waals surface area (Å²) in [6.45, 7) is 16.5. The summed E-state index contributed by atoms with van der Waals surface area (Å²) in [6, 6.07) is 0. The van der Waals surface area contributed by atoms with Crippen molar-refractivity contribution in [3.8, 4) is 0 Å². The maximum atomic E-state index is 11.1. The largest absolute Gasteiger partial charge is 0.387 e. The lowest BCUT2D eigenvalue weighted by atomic mass is 9.88. The van der Waals surface area contributed by atoms with Gasteiger partial charge in [0.15, 0.2) is 0 Å². The van der Waals surface area contributed by atoms with E-state index in [0.29, 0.717) is 12.8 Å². The van der Waals surface area contributed by atoms with Gasteiger partial charge >= 0.3 is 0 Å². The van der Waals surface area contributed by atoms with E-state index in [9.17, 15) is 10.2 Å².